The fourth-order valence-electron chi connectivity index (χ4n) is 15.5. The average Bonchev–Trinajstić information content (AvgIpc) is 1.63. The van der Waals surface area contributed by atoms with Crippen LogP contribution in [0.1, 0.15) is 192 Å². The Hall–Kier alpha value is -10.3. The lowest BCUT2D eigenvalue weighted by Crippen LogP contribution is -2.58. The average molecular weight is 1610 g/mol. The lowest BCUT2D eigenvalue weighted by molar-refractivity contribution is -0.159. The molecule has 2 saturated carbocycles. The van der Waals surface area contributed by atoms with E-state index >= 15 is 0 Å². The van der Waals surface area contributed by atoms with Crippen LogP contribution in [0.5, 0.6) is 11.5 Å². The summed E-state index contributed by atoms with van der Waals surface area (Å²) >= 11 is 0. The lowest BCUT2D eigenvalue weighted by Gasteiger charge is -2.35. The number of carbonyl (C=O) groups excluding carboxylic acids is 13. The lowest BCUT2D eigenvalue weighted by atomic mass is 9.83. The number of amides is 10. The van der Waals surface area contributed by atoms with Crippen molar-refractivity contribution in [2.75, 3.05) is 52.6 Å². The summed E-state index contributed by atoms with van der Waals surface area (Å²) in [6, 6.07) is 23.1. The SMILES string of the molecule is CCCC(NC(=O)[C@@H]1C[C@@H]2CN1C(=O)[C@H](C1CCCCC1)NC(=O)Cc1cccc(c1)OCCO2)C(=O)C(=O)NCC(=O)N[C@H](C(=O)OC(C)(C)C)c1ccccc1.CCCC(NC(=O)[C@@H]1C[C@@H]2CN1C(=O)[C@H](C1CCCCC1)NC(=O)Cc1cccc(c1)OCCO2)C(O)C(=O)NCC(=O)N[C@H](C(=O)OC(C)(C)C)c1ccccc1. The molecule has 116 heavy (non-hydrogen) atoms. The van der Waals surface area contributed by atoms with Crippen LogP contribution < -0.4 is 52.0 Å². The van der Waals surface area contributed by atoms with Gasteiger partial charge in [-0.2, -0.15) is 0 Å². The van der Waals surface area contributed by atoms with Crippen LogP contribution in [0.25, 0.3) is 0 Å². The van der Waals surface area contributed by atoms with E-state index in [0.717, 1.165) is 75.3 Å². The molecule has 9 N–H and O–H groups in total. The number of Topliss-reactive ketones (excluding diaryl/α,β-unsaturated/α-hetero) is 1. The van der Waals surface area contributed by atoms with Gasteiger partial charge in [-0.25, -0.2) is 9.59 Å². The van der Waals surface area contributed by atoms with Crippen molar-refractivity contribution in [3.05, 3.63) is 131 Å². The van der Waals surface area contributed by atoms with Crippen LogP contribution in [0, 0.1) is 11.8 Å². The van der Waals surface area contributed by atoms with E-state index in [-0.39, 0.29) is 108 Å². The van der Waals surface area contributed by atoms with E-state index in [2.05, 4.69) is 42.5 Å². The van der Waals surface area contributed by atoms with E-state index in [1.165, 1.54) is 9.80 Å². The first-order valence-corrected chi connectivity index (χ1v) is 40.8. The number of rotatable bonds is 24. The van der Waals surface area contributed by atoms with E-state index in [0.29, 0.717) is 35.5 Å². The number of aliphatic hydroxyl groups is 1. The number of carbonyl (C=O) groups is 13. The number of ether oxygens (including phenoxy) is 6. The third-order valence-corrected chi connectivity index (χ3v) is 21.0. The van der Waals surface area contributed by atoms with Gasteiger partial charge in [0.15, 0.2) is 18.2 Å². The summed E-state index contributed by atoms with van der Waals surface area (Å²) in [5, 5.41) is 32.7. The zero-order valence-corrected chi connectivity index (χ0v) is 67.9. The maximum Gasteiger partial charge on any atom is 0.333 e. The van der Waals surface area contributed by atoms with Crippen LogP contribution in [0.4, 0.5) is 0 Å². The normalized spacial score (nSPS) is 21.8. The highest BCUT2D eigenvalue weighted by atomic mass is 16.6. The summed E-state index contributed by atoms with van der Waals surface area (Å²) in [6.45, 7) is 13.6. The van der Waals surface area contributed by atoms with Crippen LogP contribution in [-0.4, -0.2) is 210 Å². The Balaban J connectivity index is 0.000000265. The second-order valence-electron chi connectivity index (χ2n) is 32.6. The van der Waals surface area contributed by atoms with Crippen LogP contribution in [0.15, 0.2) is 109 Å². The van der Waals surface area contributed by atoms with Crippen molar-refractivity contribution in [2.24, 2.45) is 11.8 Å². The fraction of sp³-hybridized carbons (Fsp3) is 0.570. The van der Waals surface area contributed by atoms with Crippen molar-refractivity contribution in [3.8, 4) is 11.5 Å². The van der Waals surface area contributed by atoms with E-state index < -0.39 is 150 Å². The molecular weight excluding hydrogens is 1490 g/mol. The molecule has 30 heteroatoms. The second-order valence-corrected chi connectivity index (χ2v) is 32.6. The first kappa shape index (κ1) is 89.6. The minimum atomic E-state index is -1.75. The van der Waals surface area contributed by atoms with Crippen molar-refractivity contribution in [1.29, 1.82) is 0 Å². The van der Waals surface area contributed by atoms with Crippen LogP contribution in [-0.2, 0) is 94.1 Å². The van der Waals surface area contributed by atoms with Crippen molar-refractivity contribution < 1.29 is 95.9 Å². The Labute approximate surface area is 678 Å². The molecule has 10 amide bonds. The van der Waals surface area contributed by atoms with Gasteiger partial charge >= 0.3 is 11.9 Å². The maximum absolute atomic E-state index is 14.5. The van der Waals surface area contributed by atoms with Gasteiger partial charge in [0, 0.05) is 25.9 Å². The molecule has 2 aliphatic carbocycles. The van der Waals surface area contributed by atoms with Gasteiger partial charge in [-0.3, -0.25) is 52.7 Å². The number of ketones is 1. The highest BCUT2D eigenvalue weighted by Gasteiger charge is 2.48. The summed E-state index contributed by atoms with van der Waals surface area (Å²) in [5.74, 6) is -7.47. The van der Waals surface area contributed by atoms with Crippen molar-refractivity contribution in [1.82, 2.24) is 52.3 Å². The summed E-state index contributed by atoms with van der Waals surface area (Å²) < 4.78 is 35.0. The molecule has 6 aliphatic rings. The number of aliphatic hydroxyl groups excluding tert-OH is 1. The van der Waals surface area contributed by atoms with Gasteiger partial charge in [0.2, 0.25) is 53.0 Å². The van der Waals surface area contributed by atoms with Gasteiger partial charge in [0.1, 0.15) is 60.1 Å². The molecule has 4 aliphatic heterocycles. The molecule has 4 fully saturated rings. The molecule has 0 aromatic heterocycles. The Bertz CT molecular complexity index is 4050. The number of benzene rings is 4. The number of hydrogen-bond donors (Lipinski definition) is 9. The smallest absolute Gasteiger partial charge is 0.333 e. The molecule has 4 aromatic rings. The number of hydrogen-bond acceptors (Lipinski definition) is 20. The molecule has 0 radical (unpaired) electrons. The van der Waals surface area contributed by atoms with Gasteiger partial charge in [-0.05, 0) is 138 Å². The highest BCUT2D eigenvalue weighted by Crippen LogP contribution is 2.34. The Morgan fingerprint density at radius 1 is 0.517 bits per heavy atom. The molecule has 2 saturated heterocycles. The third-order valence-electron chi connectivity index (χ3n) is 21.0. The summed E-state index contributed by atoms with van der Waals surface area (Å²) in [5.41, 5.74) is 0.779. The monoisotopic (exact) mass is 1610 g/mol. The molecule has 4 heterocycles. The molecule has 11 atom stereocenters. The van der Waals surface area contributed by atoms with Crippen molar-refractivity contribution >= 4 is 76.8 Å². The molecule has 30 nitrogen and oxygen atoms in total. The topological polar surface area (TPSA) is 400 Å². The molecular formula is C86H116N10O20. The number of fused-ring (bicyclic) bond motifs is 8. The van der Waals surface area contributed by atoms with Gasteiger partial charge in [-0.15, -0.1) is 0 Å². The van der Waals surface area contributed by atoms with Crippen LogP contribution >= 0.6 is 0 Å². The first-order valence-electron chi connectivity index (χ1n) is 40.8. The maximum atomic E-state index is 14.5. The zero-order chi connectivity index (χ0) is 83.6. The summed E-state index contributed by atoms with van der Waals surface area (Å²) in [4.78, 5) is 179. The highest BCUT2D eigenvalue weighted by molar-refractivity contribution is 6.38. The van der Waals surface area contributed by atoms with Gasteiger partial charge in [0.05, 0.1) is 63.4 Å². The molecule has 3 unspecified atom stereocenters. The predicted octanol–water partition coefficient (Wildman–Crippen LogP) is 5.48. The quantitative estimate of drug-likeness (QED) is 0.0310. The van der Waals surface area contributed by atoms with Gasteiger partial charge < -0.3 is 85.9 Å². The predicted molar refractivity (Wildman–Crippen MR) is 425 cm³/mol. The Morgan fingerprint density at radius 3 is 1.36 bits per heavy atom. The number of nitrogens with zero attached hydrogens (tertiary/aromatic N) is 2. The largest absolute Gasteiger partial charge is 0.491 e. The third kappa shape index (κ3) is 26.9. The molecule has 0 spiro atoms. The van der Waals surface area contributed by atoms with Gasteiger partial charge in [-0.1, -0.05) is 150 Å². The van der Waals surface area contributed by atoms with E-state index in [1.807, 2.05) is 31.2 Å². The van der Waals surface area contributed by atoms with E-state index in [4.69, 9.17) is 28.4 Å². The molecule has 4 aromatic carbocycles. The summed E-state index contributed by atoms with van der Waals surface area (Å²) in [6.07, 6.45) is 7.58. The number of nitrogens with one attached hydrogen (secondary N) is 8. The van der Waals surface area contributed by atoms with Gasteiger partial charge in [0.25, 0.3) is 11.8 Å². The molecule has 8 bridgehead atoms. The Morgan fingerprint density at radius 2 is 0.940 bits per heavy atom. The standard InChI is InChI=1S/C43H59N5O10.C43H57N5O10/c2*1-5-13-32(38(51)40(53)44-25-35(50)47-37(29-17-10-7-11-18-29)42(55)58-43(2,3)4)45-39(52)33-24-31-26-48(33)41(54)36(28-15-8-6-9-16-28)46-34(49)23-27-14-12-19-30(22-27)56-20-21-57-31/h7,10-12,14,17-19,22,28,31-33,36-38,51H,5-6,8-9,13,15-16,20-21,23-26H2,1-4H3,(H,44,53)(H,45,52)(H,46,49)(H,47,50);7,10-12,14,17-19,22,28,31-33,36-37H,5-6,8-9,13,15-16,20-21,23-26H2,1-4H3,(H,44,53)(H,45,52)(H,46,49)(H,47,50)/t31-,32?,33+,36+,37+,38?;31-,32?,33+,36+,37+/m11/s1. The van der Waals surface area contributed by atoms with Crippen molar-refractivity contribution in [3.63, 3.8) is 0 Å². The summed E-state index contributed by atoms with van der Waals surface area (Å²) in [7, 11) is 0. The molecule has 10 rings (SSSR count). The van der Waals surface area contributed by atoms with Crippen LogP contribution in [0.2, 0.25) is 0 Å². The first-order chi connectivity index (χ1) is 55.4. The minimum absolute atomic E-state index is 0.0403. The number of esters is 2. The minimum Gasteiger partial charge on any atom is -0.491 e. The van der Waals surface area contributed by atoms with E-state index in [9.17, 15) is 67.4 Å². The fourth-order valence-corrected chi connectivity index (χ4v) is 15.5. The van der Waals surface area contributed by atoms with E-state index in [1.54, 1.807) is 133 Å². The Kier molecular flexibility index (Phi) is 33.2. The zero-order valence-electron chi connectivity index (χ0n) is 67.9. The van der Waals surface area contributed by atoms with Crippen molar-refractivity contribution in [2.45, 2.75) is 249 Å². The molecule has 630 valence electrons. The van der Waals surface area contributed by atoms with Crippen LogP contribution in [0.3, 0.4) is 0 Å². The second kappa shape index (κ2) is 43.0.